The number of aromatic nitrogens is 2. The van der Waals surface area contributed by atoms with Crippen molar-refractivity contribution < 1.29 is 18.0 Å². The molecule has 1 aliphatic carbocycles. The molecule has 0 atom stereocenters. The van der Waals surface area contributed by atoms with Crippen LogP contribution in [0.25, 0.3) is 22.0 Å². The zero-order valence-electron chi connectivity index (χ0n) is 21.2. The van der Waals surface area contributed by atoms with Crippen LogP contribution in [0.4, 0.5) is 18.9 Å². The van der Waals surface area contributed by atoms with Crippen molar-refractivity contribution in [1.29, 1.82) is 0 Å². The number of allylic oxidation sites excluding steroid dienone is 1. The average Bonchev–Trinajstić information content (AvgIpc) is 3.21. The predicted molar refractivity (Wildman–Crippen MR) is 143 cm³/mol. The first-order chi connectivity index (χ1) is 18.4. The van der Waals surface area contributed by atoms with Crippen LogP contribution in [0.15, 0.2) is 48.5 Å². The molecule has 7 heteroatoms. The Morgan fingerprint density at radius 2 is 1.71 bits per heavy atom. The van der Waals surface area contributed by atoms with Crippen LogP contribution in [-0.4, -0.2) is 29.6 Å². The van der Waals surface area contributed by atoms with Gasteiger partial charge in [-0.05, 0) is 103 Å². The van der Waals surface area contributed by atoms with Crippen molar-refractivity contribution in [3.05, 3.63) is 93.9 Å². The average molecular weight is 516 g/mol. The van der Waals surface area contributed by atoms with E-state index in [4.69, 9.17) is 0 Å². The Labute approximate surface area is 219 Å². The minimum absolute atomic E-state index is 0.116. The quantitative estimate of drug-likeness (QED) is 0.298. The highest BCUT2D eigenvalue weighted by atomic mass is 19.1. The normalized spacial score (nSPS) is 16.6. The van der Waals surface area contributed by atoms with Crippen LogP contribution < -0.4 is 4.90 Å². The van der Waals surface area contributed by atoms with Gasteiger partial charge in [0.15, 0.2) is 0 Å². The van der Waals surface area contributed by atoms with E-state index in [0.717, 1.165) is 60.2 Å². The highest BCUT2D eigenvalue weighted by Crippen LogP contribution is 2.43. The third kappa shape index (κ3) is 4.20. The molecule has 1 aromatic heterocycles. The standard InChI is InChI=1S/C31H28F3N3O/c1-18-15-27(33)25(16-26(18)32)23-4-2-3-22-24(9-10-28-30(22)31(34)36-35-28)29(23)20-5-7-21(8-6-20)37-13-11-19(17-38)12-14-37/h5-10,15-17,19H,2-4,11-14H2,1H3,(H,35,36). The lowest BCUT2D eigenvalue weighted by molar-refractivity contribution is -0.111. The van der Waals surface area contributed by atoms with E-state index in [0.29, 0.717) is 35.7 Å². The lowest BCUT2D eigenvalue weighted by Crippen LogP contribution is -2.34. The van der Waals surface area contributed by atoms with Crippen molar-refractivity contribution in [3.63, 3.8) is 0 Å². The molecule has 0 radical (unpaired) electrons. The Balaban J connectivity index is 1.52. The number of hydrogen-bond acceptors (Lipinski definition) is 3. The van der Waals surface area contributed by atoms with Gasteiger partial charge in [0.05, 0.1) is 10.9 Å². The van der Waals surface area contributed by atoms with E-state index in [1.807, 2.05) is 30.3 Å². The van der Waals surface area contributed by atoms with E-state index in [1.54, 1.807) is 13.0 Å². The molecule has 2 heterocycles. The van der Waals surface area contributed by atoms with Crippen LogP contribution in [0.2, 0.25) is 0 Å². The molecule has 0 saturated carbocycles. The van der Waals surface area contributed by atoms with Crippen molar-refractivity contribution in [2.75, 3.05) is 18.0 Å². The molecule has 4 nitrogen and oxygen atoms in total. The second-order valence-electron chi connectivity index (χ2n) is 10.3. The molecule has 38 heavy (non-hydrogen) atoms. The first kappa shape index (κ1) is 24.5. The van der Waals surface area contributed by atoms with Crippen LogP contribution in [-0.2, 0) is 11.2 Å². The maximum atomic E-state index is 15.3. The lowest BCUT2D eigenvalue weighted by Gasteiger charge is -2.31. The largest absolute Gasteiger partial charge is 0.371 e. The molecule has 4 aromatic rings. The fraction of sp³-hybridized carbons (Fsp3) is 0.290. The summed E-state index contributed by atoms with van der Waals surface area (Å²) in [5.74, 6) is -1.36. The molecule has 0 unspecified atom stereocenters. The van der Waals surface area contributed by atoms with Gasteiger partial charge in [-0.3, -0.25) is 5.10 Å². The summed E-state index contributed by atoms with van der Waals surface area (Å²) in [5, 5.41) is 6.98. The van der Waals surface area contributed by atoms with Gasteiger partial charge in [-0.15, -0.1) is 5.10 Å². The monoisotopic (exact) mass is 515 g/mol. The van der Waals surface area contributed by atoms with Crippen molar-refractivity contribution in [2.45, 2.75) is 39.0 Å². The molecule has 6 rings (SSSR count). The lowest BCUT2D eigenvalue weighted by atomic mass is 9.86. The zero-order valence-corrected chi connectivity index (χ0v) is 21.2. The maximum absolute atomic E-state index is 15.3. The van der Waals surface area contributed by atoms with E-state index < -0.39 is 17.6 Å². The SMILES string of the molecule is Cc1cc(F)c(C2=C(c3ccc(N4CCC(C=O)CC4)cc3)c3ccc4[nH]nc(F)c4c3CCC2)cc1F. The number of rotatable bonds is 4. The van der Waals surface area contributed by atoms with E-state index in [2.05, 4.69) is 15.1 Å². The van der Waals surface area contributed by atoms with Crippen LogP contribution in [0, 0.1) is 30.4 Å². The number of H-pyrrole nitrogens is 1. The van der Waals surface area contributed by atoms with E-state index in [-0.39, 0.29) is 17.0 Å². The molecule has 194 valence electrons. The fourth-order valence-corrected chi connectivity index (χ4v) is 5.97. The number of benzene rings is 3. The number of aryl methyl sites for hydroxylation is 2. The second kappa shape index (κ2) is 9.78. The van der Waals surface area contributed by atoms with Gasteiger partial charge in [0.2, 0.25) is 5.95 Å². The summed E-state index contributed by atoms with van der Waals surface area (Å²) in [6.45, 7) is 3.17. The fourth-order valence-electron chi connectivity index (χ4n) is 5.97. The molecule has 1 N–H and O–H groups in total. The summed E-state index contributed by atoms with van der Waals surface area (Å²) in [5.41, 5.74) is 6.16. The van der Waals surface area contributed by atoms with Gasteiger partial charge in [-0.1, -0.05) is 18.2 Å². The Bertz CT molecular complexity index is 1560. The van der Waals surface area contributed by atoms with Gasteiger partial charge in [-0.2, -0.15) is 4.39 Å². The number of aromatic amines is 1. The summed E-state index contributed by atoms with van der Waals surface area (Å²) in [6, 6.07) is 14.3. The molecular weight excluding hydrogens is 487 g/mol. The minimum atomic E-state index is -0.554. The van der Waals surface area contributed by atoms with Gasteiger partial charge in [0.25, 0.3) is 0 Å². The number of aldehydes is 1. The molecule has 1 fully saturated rings. The summed E-state index contributed by atoms with van der Waals surface area (Å²) in [7, 11) is 0. The Kier molecular flexibility index (Phi) is 6.30. The maximum Gasteiger partial charge on any atom is 0.240 e. The zero-order chi connectivity index (χ0) is 26.4. The summed E-state index contributed by atoms with van der Waals surface area (Å²) in [4.78, 5) is 13.4. The van der Waals surface area contributed by atoms with Crippen LogP contribution in [0.1, 0.15) is 53.5 Å². The van der Waals surface area contributed by atoms with E-state index in [1.165, 1.54) is 12.1 Å². The Hall–Kier alpha value is -3.87. The molecule has 3 aromatic carbocycles. The molecule has 1 aliphatic heterocycles. The molecule has 2 aliphatic rings. The number of nitrogens with zero attached hydrogens (tertiary/aromatic N) is 2. The molecule has 0 spiro atoms. The smallest absolute Gasteiger partial charge is 0.240 e. The molecular formula is C31H28F3N3O. The Morgan fingerprint density at radius 3 is 2.45 bits per heavy atom. The van der Waals surface area contributed by atoms with Gasteiger partial charge >= 0.3 is 0 Å². The Morgan fingerprint density at radius 1 is 0.947 bits per heavy atom. The van der Waals surface area contributed by atoms with Gasteiger partial charge in [0, 0.05) is 30.3 Å². The highest BCUT2D eigenvalue weighted by molar-refractivity contribution is 6.03. The van der Waals surface area contributed by atoms with Gasteiger partial charge < -0.3 is 9.69 Å². The summed E-state index contributed by atoms with van der Waals surface area (Å²) in [6.07, 6.45) is 4.48. The highest BCUT2D eigenvalue weighted by Gasteiger charge is 2.26. The molecule has 0 amide bonds. The van der Waals surface area contributed by atoms with Gasteiger partial charge in [-0.25, -0.2) is 8.78 Å². The number of anilines is 1. The minimum Gasteiger partial charge on any atom is -0.371 e. The molecule has 0 bridgehead atoms. The first-order valence-electron chi connectivity index (χ1n) is 13.1. The van der Waals surface area contributed by atoms with E-state index >= 15 is 4.39 Å². The number of hydrogen-bond donors (Lipinski definition) is 1. The number of halogens is 3. The first-order valence-corrected chi connectivity index (χ1v) is 13.1. The predicted octanol–water partition coefficient (Wildman–Crippen LogP) is 7.00. The van der Waals surface area contributed by atoms with Crippen LogP contribution >= 0.6 is 0 Å². The number of nitrogens with one attached hydrogen (secondary N) is 1. The number of carbonyl (C=O) groups is 1. The third-order valence-electron chi connectivity index (χ3n) is 8.04. The van der Waals surface area contributed by atoms with Crippen molar-refractivity contribution in [3.8, 4) is 0 Å². The van der Waals surface area contributed by atoms with Crippen molar-refractivity contribution in [2.24, 2.45) is 5.92 Å². The number of carbonyl (C=O) groups excluding carboxylic acids is 1. The summed E-state index contributed by atoms with van der Waals surface area (Å²) < 4.78 is 44.8. The van der Waals surface area contributed by atoms with Crippen molar-refractivity contribution >= 4 is 34.0 Å². The molecule has 1 saturated heterocycles. The third-order valence-corrected chi connectivity index (χ3v) is 8.04. The number of fused-ring (bicyclic) bond motifs is 3. The van der Waals surface area contributed by atoms with Crippen molar-refractivity contribution in [1.82, 2.24) is 10.2 Å². The van der Waals surface area contributed by atoms with Crippen LogP contribution in [0.5, 0.6) is 0 Å². The van der Waals surface area contributed by atoms with E-state index in [9.17, 15) is 13.6 Å². The summed E-state index contributed by atoms with van der Waals surface area (Å²) >= 11 is 0. The van der Waals surface area contributed by atoms with Crippen LogP contribution in [0.3, 0.4) is 0 Å². The topological polar surface area (TPSA) is 49.0 Å². The number of piperidine rings is 1. The second-order valence-corrected chi connectivity index (χ2v) is 10.3. The van der Waals surface area contributed by atoms with Gasteiger partial charge in [0.1, 0.15) is 17.9 Å².